The molecule has 3 atom stereocenters. The van der Waals surface area contributed by atoms with E-state index in [1.165, 1.54) is 6.92 Å². The third kappa shape index (κ3) is 9.57. The predicted molar refractivity (Wildman–Crippen MR) is 89.9 cm³/mol. The van der Waals surface area contributed by atoms with Crippen molar-refractivity contribution in [2.45, 2.75) is 51.7 Å². The summed E-state index contributed by atoms with van der Waals surface area (Å²) in [6, 6.07) is -3.36. The van der Waals surface area contributed by atoms with Crippen LogP contribution in [-0.2, 0) is 24.0 Å². The predicted octanol–water partition coefficient (Wildman–Crippen LogP) is -1.98. The van der Waals surface area contributed by atoms with Crippen molar-refractivity contribution in [2.75, 3.05) is 6.54 Å². The van der Waals surface area contributed by atoms with Gasteiger partial charge in [0.1, 0.15) is 18.6 Å². The van der Waals surface area contributed by atoms with Crippen LogP contribution in [0.25, 0.3) is 0 Å². The lowest BCUT2D eigenvalue weighted by Crippen LogP contribution is -2.55. The number of nitrogens with two attached hydrogens (primary N) is 1. The summed E-state index contributed by atoms with van der Waals surface area (Å²) in [5.74, 6) is -4.62. The van der Waals surface area contributed by atoms with Crippen molar-refractivity contribution < 1.29 is 34.2 Å². The average molecular weight is 374 g/mol. The largest absolute Gasteiger partial charge is 0.481 e. The van der Waals surface area contributed by atoms with Crippen LogP contribution < -0.4 is 21.7 Å². The minimum absolute atomic E-state index is 0.0119. The first-order valence-corrected chi connectivity index (χ1v) is 8.01. The van der Waals surface area contributed by atoms with Gasteiger partial charge >= 0.3 is 11.9 Å². The van der Waals surface area contributed by atoms with E-state index in [4.69, 9.17) is 15.9 Å². The summed E-state index contributed by atoms with van der Waals surface area (Å²) in [5.41, 5.74) is 5.47. The highest BCUT2D eigenvalue weighted by Gasteiger charge is 2.27. The maximum atomic E-state index is 12.3. The Morgan fingerprint density at radius 1 is 0.885 bits per heavy atom. The van der Waals surface area contributed by atoms with Gasteiger partial charge in [0.2, 0.25) is 17.7 Å². The third-order valence-electron chi connectivity index (χ3n) is 3.24. The fraction of sp³-hybridized carbons (Fsp3) is 0.667. The van der Waals surface area contributed by atoms with Gasteiger partial charge < -0.3 is 31.9 Å². The van der Waals surface area contributed by atoms with Crippen LogP contribution >= 0.6 is 0 Å². The number of nitrogens with one attached hydrogen (secondary N) is 3. The molecule has 0 aliphatic heterocycles. The Balaban J connectivity index is 4.87. The lowest BCUT2D eigenvalue weighted by molar-refractivity contribution is -0.140. The van der Waals surface area contributed by atoms with Gasteiger partial charge in [-0.05, 0) is 19.3 Å². The maximum absolute atomic E-state index is 12.3. The quantitative estimate of drug-likeness (QED) is 0.240. The molecule has 0 aromatic rings. The van der Waals surface area contributed by atoms with Gasteiger partial charge in [0, 0.05) is 0 Å². The Hall–Kier alpha value is -2.69. The van der Waals surface area contributed by atoms with Gasteiger partial charge in [-0.1, -0.05) is 13.8 Å². The van der Waals surface area contributed by atoms with Gasteiger partial charge in [0.15, 0.2) is 0 Å². The molecule has 0 rings (SSSR count). The van der Waals surface area contributed by atoms with E-state index in [-0.39, 0.29) is 12.3 Å². The van der Waals surface area contributed by atoms with Gasteiger partial charge in [-0.25, -0.2) is 0 Å². The van der Waals surface area contributed by atoms with Crippen molar-refractivity contribution in [3.05, 3.63) is 0 Å². The van der Waals surface area contributed by atoms with E-state index >= 15 is 0 Å². The second kappa shape index (κ2) is 11.0. The van der Waals surface area contributed by atoms with Gasteiger partial charge in [0.05, 0.1) is 12.5 Å². The summed E-state index contributed by atoms with van der Waals surface area (Å²) in [4.78, 5) is 57.1. The first-order chi connectivity index (χ1) is 11.9. The molecule has 0 aromatic carbocycles. The number of carboxylic acids is 2. The Bertz CT molecular complexity index is 550. The maximum Gasteiger partial charge on any atom is 0.322 e. The third-order valence-corrected chi connectivity index (χ3v) is 3.24. The summed E-state index contributed by atoms with van der Waals surface area (Å²) in [7, 11) is 0. The Morgan fingerprint density at radius 2 is 1.46 bits per heavy atom. The monoisotopic (exact) mass is 374 g/mol. The fourth-order valence-corrected chi connectivity index (χ4v) is 1.96. The van der Waals surface area contributed by atoms with Crippen LogP contribution in [0.2, 0.25) is 0 Å². The van der Waals surface area contributed by atoms with Crippen LogP contribution in [0.15, 0.2) is 0 Å². The highest BCUT2D eigenvalue weighted by molar-refractivity contribution is 5.94. The van der Waals surface area contributed by atoms with Crippen LogP contribution in [-0.4, -0.2) is 64.5 Å². The van der Waals surface area contributed by atoms with Crippen molar-refractivity contribution in [3.8, 4) is 0 Å². The van der Waals surface area contributed by atoms with E-state index in [1.807, 2.05) is 13.8 Å². The second-order valence-electron chi connectivity index (χ2n) is 6.24. The minimum atomic E-state index is -1.31. The first-order valence-electron chi connectivity index (χ1n) is 8.01. The van der Waals surface area contributed by atoms with Crippen LogP contribution in [0.3, 0.4) is 0 Å². The molecule has 3 amide bonds. The van der Waals surface area contributed by atoms with Gasteiger partial charge in [-0.3, -0.25) is 24.0 Å². The topological polar surface area (TPSA) is 188 Å². The second-order valence-corrected chi connectivity index (χ2v) is 6.24. The Labute approximate surface area is 150 Å². The highest BCUT2D eigenvalue weighted by atomic mass is 16.4. The minimum Gasteiger partial charge on any atom is -0.481 e. The standard InChI is InChI=1S/C15H26N4O7/c1-7(2)4-10(19-14(25)9(16)5-11(20)21)15(26)18-8(3)13(24)17-6-12(22)23/h7-10H,4-6,16H2,1-3H3,(H,17,24)(H,18,26)(H,19,25)(H,20,21)(H,22,23). The molecule has 11 heteroatoms. The Morgan fingerprint density at radius 3 is 1.92 bits per heavy atom. The van der Waals surface area contributed by atoms with Crippen molar-refractivity contribution >= 4 is 29.7 Å². The molecule has 3 unspecified atom stereocenters. The number of hydrogen-bond donors (Lipinski definition) is 6. The van der Waals surface area contributed by atoms with Crippen LogP contribution in [0, 0.1) is 5.92 Å². The van der Waals surface area contributed by atoms with E-state index in [0.29, 0.717) is 0 Å². The molecule has 7 N–H and O–H groups in total. The Kier molecular flexibility index (Phi) is 9.89. The number of carbonyl (C=O) groups is 5. The van der Waals surface area contributed by atoms with Gasteiger partial charge in [0.25, 0.3) is 0 Å². The van der Waals surface area contributed by atoms with E-state index in [2.05, 4.69) is 16.0 Å². The molecule has 0 aliphatic carbocycles. The van der Waals surface area contributed by atoms with Crippen molar-refractivity contribution in [1.82, 2.24) is 16.0 Å². The van der Waals surface area contributed by atoms with E-state index in [0.717, 1.165) is 0 Å². The number of amides is 3. The zero-order chi connectivity index (χ0) is 20.4. The molecule has 11 nitrogen and oxygen atoms in total. The molecule has 0 spiro atoms. The molecule has 0 aliphatic rings. The molecule has 0 fully saturated rings. The number of rotatable bonds is 11. The van der Waals surface area contributed by atoms with Crippen LogP contribution in [0.4, 0.5) is 0 Å². The fourth-order valence-electron chi connectivity index (χ4n) is 1.96. The molecule has 26 heavy (non-hydrogen) atoms. The highest BCUT2D eigenvalue weighted by Crippen LogP contribution is 2.06. The first kappa shape index (κ1) is 23.3. The van der Waals surface area contributed by atoms with Crippen LogP contribution in [0.1, 0.15) is 33.6 Å². The van der Waals surface area contributed by atoms with E-state index < -0.39 is 60.8 Å². The van der Waals surface area contributed by atoms with Gasteiger partial charge in [-0.2, -0.15) is 0 Å². The smallest absolute Gasteiger partial charge is 0.322 e. The zero-order valence-electron chi connectivity index (χ0n) is 14.9. The molecule has 0 bridgehead atoms. The lowest BCUT2D eigenvalue weighted by atomic mass is 10.0. The molecule has 148 valence electrons. The molecule has 0 radical (unpaired) electrons. The molecule has 0 heterocycles. The number of carbonyl (C=O) groups excluding carboxylic acids is 3. The molecule has 0 aromatic heterocycles. The zero-order valence-corrected chi connectivity index (χ0v) is 14.9. The van der Waals surface area contributed by atoms with E-state index in [9.17, 15) is 24.0 Å². The SMILES string of the molecule is CC(C)CC(NC(=O)C(N)CC(=O)O)C(=O)NC(C)C(=O)NCC(=O)O. The number of hydrogen-bond acceptors (Lipinski definition) is 6. The average Bonchev–Trinajstić information content (AvgIpc) is 2.50. The molecular weight excluding hydrogens is 348 g/mol. The summed E-state index contributed by atoms with van der Waals surface area (Å²) in [5, 5.41) is 24.1. The van der Waals surface area contributed by atoms with Gasteiger partial charge in [-0.15, -0.1) is 0 Å². The lowest BCUT2D eigenvalue weighted by Gasteiger charge is -2.23. The summed E-state index contributed by atoms with van der Waals surface area (Å²) >= 11 is 0. The van der Waals surface area contributed by atoms with Crippen molar-refractivity contribution in [3.63, 3.8) is 0 Å². The molecular formula is C15H26N4O7. The van der Waals surface area contributed by atoms with E-state index in [1.54, 1.807) is 0 Å². The molecule has 0 saturated heterocycles. The molecule has 0 saturated carbocycles. The number of carboxylic acid groups (broad SMARTS) is 2. The summed E-state index contributed by atoms with van der Waals surface area (Å²) in [6.07, 6.45) is -0.351. The number of aliphatic carboxylic acids is 2. The van der Waals surface area contributed by atoms with Crippen molar-refractivity contribution in [2.24, 2.45) is 11.7 Å². The van der Waals surface area contributed by atoms with Crippen LogP contribution in [0.5, 0.6) is 0 Å². The normalized spacial score (nSPS) is 14.0. The van der Waals surface area contributed by atoms with Crippen molar-refractivity contribution in [1.29, 1.82) is 0 Å². The summed E-state index contributed by atoms with van der Waals surface area (Å²) in [6.45, 7) is 4.40. The summed E-state index contributed by atoms with van der Waals surface area (Å²) < 4.78 is 0.